The van der Waals surface area contributed by atoms with E-state index in [4.69, 9.17) is 4.74 Å². The summed E-state index contributed by atoms with van der Waals surface area (Å²) in [6.45, 7) is 7.80. The van der Waals surface area contributed by atoms with E-state index in [1.807, 2.05) is 4.90 Å². The standard InChI is InChI=1S/C13H24N2O2/c1-3-13(2)5-7-15(8-6-13)12(16)14-11-4-9-17-10-11/h11H,3-10H2,1-2H3,(H,14,16). The van der Waals surface area contributed by atoms with Gasteiger partial charge in [0.1, 0.15) is 0 Å². The van der Waals surface area contributed by atoms with Crippen molar-refractivity contribution in [2.45, 2.75) is 45.6 Å². The third-order valence-electron chi connectivity index (χ3n) is 4.37. The third kappa shape index (κ3) is 3.12. The van der Waals surface area contributed by atoms with Crippen LogP contribution in [0.4, 0.5) is 4.79 Å². The second-order valence-electron chi connectivity index (χ2n) is 5.66. The second kappa shape index (κ2) is 5.25. The van der Waals surface area contributed by atoms with Crippen LogP contribution in [-0.4, -0.2) is 43.3 Å². The van der Waals surface area contributed by atoms with Crippen molar-refractivity contribution in [3.8, 4) is 0 Å². The lowest BCUT2D eigenvalue weighted by molar-refractivity contribution is 0.123. The van der Waals surface area contributed by atoms with Gasteiger partial charge in [-0.2, -0.15) is 0 Å². The monoisotopic (exact) mass is 240 g/mol. The third-order valence-corrected chi connectivity index (χ3v) is 4.37. The summed E-state index contributed by atoms with van der Waals surface area (Å²) >= 11 is 0. The second-order valence-corrected chi connectivity index (χ2v) is 5.66. The maximum Gasteiger partial charge on any atom is 0.317 e. The van der Waals surface area contributed by atoms with Gasteiger partial charge in [-0.15, -0.1) is 0 Å². The molecular formula is C13H24N2O2. The molecule has 0 spiro atoms. The van der Waals surface area contributed by atoms with Crippen LogP contribution >= 0.6 is 0 Å². The number of nitrogens with zero attached hydrogens (tertiary/aromatic N) is 1. The molecule has 4 heteroatoms. The normalized spacial score (nSPS) is 28.1. The zero-order chi connectivity index (χ0) is 12.3. The predicted octanol–water partition coefficient (Wildman–Crippen LogP) is 2.00. The molecule has 1 unspecified atom stereocenters. The van der Waals surface area contributed by atoms with Gasteiger partial charge in [-0.25, -0.2) is 4.79 Å². The van der Waals surface area contributed by atoms with Crippen LogP contribution in [0.25, 0.3) is 0 Å². The first-order valence-electron chi connectivity index (χ1n) is 6.76. The number of nitrogens with one attached hydrogen (secondary N) is 1. The Labute approximate surface area is 104 Å². The molecule has 0 radical (unpaired) electrons. The van der Waals surface area contributed by atoms with Crippen molar-refractivity contribution in [2.24, 2.45) is 5.41 Å². The van der Waals surface area contributed by atoms with Gasteiger partial charge in [-0.3, -0.25) is 0 Å². The van der Waals surface area contributed by atoms with Gasteiger partial charge in [0, 0.05) is 19.7 Å². The number of hydrogen-bond donors (Lipinski definition) is 1. The first-order chi connectivity index (χ1) is 8.13. The van der Waals surface area contributed by atoms with Crippen molar-refractivity contribution in [2.75, 3.05) is 26.3 Å². The highest BCUT2D eigenvalue weighted by molar-refractivity contribution is 5.74. The molecule has 17 heavy (non-hydrogen) atoms. The summed E-state index contributed by atoms with van der Waals surface area (Å²) in [5.41, 5.74) is 0.438. The molecule has 1 N–H and O–H groups in total. The Morgan fingerprint density at radius 2 is 2.18 bits per heavy atom. The van der Waals surface area contributed by atoms with Crippen LogP contribution < -0.4 is 5.32 Å². The molecule has 4 nitrogen and oxygen atoms in total. The Morgan fingerprint density at radius 3 is 2.71 bits per heavy atom. The van der Waals surface area contributed by atoms with Gasteiger partial charge in [-0.05, 0) is 24.7 Å². The summed E-state index contributed by atoms with van der Waals surface area (Å²) in [6, 6.07) is 0.320. The topological polar surface area (TPSA) is 41.6 Å². The zero-order valence-corrected chi connectivity index (χ0v) is 11.0. The number of carbonyl (C=O) groups excluding carboxylic acids is 1. The van der Waals surface area contributed by atoms with Gasteiger partial charge >= 0.3 is 6.03 Å². The van der Waals surface area contributed by atoms with E-state index in [0.29, 0.717) is 12.0 Å². The minimum atomic E-state index is 0.0960. The van der Waals surface area contributed by atoms with E-state index < -0.39 is 0 Å². The molecule has 98 valence electrons. The van der Waals surface area contributed by atoms with Crippen LogP contribution in [0.15, 0.2) is 0 Å². The minimum Gasteiger partial charge on any atom is -0.379 e. The Balaban J connectivity index is 1.77. The predicted molar refractivity (Wildman–Crippen MR) is 67.0 cm³/mol. The molecule has 2 aliphatic rings. The summed E-state index contributed by atoms with van der Waals surface area (Å²) < 4.78 is 5.26. The highest BCUT2D eigenvalue weighted by Crippen LogP contribution is 2.33. The van der Waals surface area contributed by atoms with Gasteiger partial charge in [0.25, 0.3) is 0 Å². The molecule has 2 heterocycles. The average molecular weight is 240 g/mol. The molecule has 2 fully saturated rings. The number of rotatable bonds is 2. The van der Waals surface area contributed by atoms with Crippen LogP contribution in [0.5, 0.6) is 0 Å². The quantitative estimate of drug-likeness (QED) is 0.802. The van der Waals surface area contributed by atoms with Gasteiger partial charge < -0.3 is 15.0 Å². The van der Waals surface area contributed by atoms with E-state index in [2.05, 4.69) is 19.2 Å². The summed E-state index contributed by atoms with van der Waals surface area (Å²) in [6.07, 6.45) is 4.40. The van der Waals surface area contributed by atoms with E-state index >= 15 is 0 Å². The number of urea groups is 1. The molecule has 2 saturated heterocycles. The van der Waals surface area contributed by atoms with E-state index in [-0.39, 0.29) is 12.1 Å². The number of piperidine rings is 1. The van der Waals surface area contributed by atoms with Gasteiger partial charge in [0.05, 0.1) is 12.6 Å². The van der Waals surface area contributed by atoms with E-state index in [0.717, 1.165) is 39.0 Å². The van der Waals surface area contributed by atoms with Crippen molar-refractivity contribution in [1.82, 2.24) is 10.2 Å². The van der Waals surface area contributed by atoms with Gasteiger partial charge in [0.15, 0.2) is 0 Å². The number of carbonyl (C=O) groups is 1. The molecule has 2 aliphatic heterocycles. The van der Waals surface area contributed by atoms with Gasteiger partial charge in [-0.1, -0.05) is 20.3 Å². The van der Waals surface area contributed by atoms with Crippen molar-refractivity contribution in [3.63, 3.8) is 0 Å². The average Bonchev–Trinajstić information content (AvgIpc) is 2.83. The lowest BCUT2D eigenvalue weighted by atomic mass is 9.78. The van der Waals surface area contributed by atoms with Crippen LogP contribution in [0.1, 0.15) is 39.5 Å². The van der Waals surface area contributed by atoms with Crippen LogP contribution in [-0.2, 0) is 4.74 Å². The molecule has 0 aromatic heterocycles. The number of likely N-dealkylation sites (tertiary alicyclic amines) is 1. The highest BCUT2D eigenvalue weighted by Gasteiger charge is 2.31. The molecule has 2 rings (SSSR count). The Morgan fingerprint density at radius 1 is 1.47 bits per heavy atom. The zero-order valence-electron chi connectivity index (χ0n) is 11.0. The smallest absolute Gasteiger partial charge is 0.317 e. The van der Waals surface area contributed by atoms with Crippen molar-refractivity contribution >= 4 is 6.03 Å². The van der Waals surface area contributed by atoms with E-state index in [1.165, 1.54) is 6.42 Å². The van der Waals surface area contributed by atoms with E-state index in [9.17, 15) is 4.79 Å². The molecule has 0 aliphatic carbocycles. The summed E-state index contributed by atoms with van der Waals surface area (Å²) in [5.74, 6) is 0. The van der Waals surface area contributed by atoms with Crippen molar-refractivity contribution < 1.29 is 9.53 Å². The van der Waals surface area contributed by atoms with Crippen molar-refractivity contribution in [1.29, 1.82) is 0 Å². The summed E-state index contributed by atoms with van der Waals surface area (Å²) in [7, 11) is 0. The maximum atomic E-state index is 12.0. The lowest BCUT2D eigenvalue weighted by Gasteiger charge is -2.39. The molecule has 0 aromatic carbocycles. The fourth-order valence-corrected chi connectivity index (χ4v) is 2.52. The van der Waals surface area contributed by atoms with Crippen LogP contribution in [0.3, 0.4) is 0 Å². The maximum absolute atomic E-state index is 12.0. The SMILES string of the molecule is CCC1(C)CCN(C(=O)NC2CCOC2)CC1. The van der Waals surface area contributed by atoms with Crippen molar-refractivity contribution in [3.05, 3.63) is 0 Å². The van der Waals surface area contributed by atoms with Crippen LogP contribution in [0.2, 0.25) is 0 Å². The summed E-state index contributed by atoms with van der Waals surface area (Å²) in [4.78, 5) is 14.0. The number of hydrogen-bond acceptors (Lipinski definition) is 2. The fraction of sp³-hybridized carbons (Fsp3) is 0.923. The first kappa shape index (κ1) is 12.7. The molecule has 0 aromatic rings. The van der Waals surface area contributed by atoms with Gasteiger partial charge in [0.2, 0.25) is 0 Å². The summed E-state index contributed by atoms with van der Waals surface area (Å²) in [5, 5.41) is 3.06. The van der Waals surface area contributed by atoms with Crippen LogP contribution in [0, 0.1) is 5.41 Å². The number of ether oxygens (including phenoxy) is 1. The Bertz CT molecular complexity index is 267. The molecule has 0 saturated carbocycles. The first-order valence-corrected chi connectivity index (χ1v) is 6.76. The Kier molecular flexibility index (Phi) is 3.92. The number of amides is 2. The minimum absolute atomic E-state index is 0.0960. The molecule has 0 bridgehead atoms. The highest BCUT2D eigenvalue weighted by atomic mass is 16.5. The lowest BCUT2D eigenvalue weighted by Crippen LogP contribution is -2.49. The molecular weight excluding hydrogens is 216 g/mol. The van der Waals surface area contributed by atoms with E-state index in [1.54, 1.807) is 0 Å². The fourth-order valence-electron chi connectivity index (χ4n) is 2.52. The Hall–Kier alpha value is -0.770. The molecule has 2 amide bonds. The largest absolute Gasteiger partial charge is 0.379 e. The molecule has 1 atom stereocenters.